The molecule has 0 radical (unpaired) electrons. The summed E-state index contributed by atoms with van der Waals surface area (Å²) < 4.78 is 4.83. The van der Waals surface area contributed by atoms with Gasteiger partial charge < -0.3 is 9.64 Å². The molecule has 0 spiro atoms. The van der Waals surface area contributed by atoms with Gasteiger partial charge in [-0.15, -0.1) is 0 Å². The van der Waals surface area contributed by atoms with E-state index in [0.29, 0.717) is 11.1 Å². The van der Waals surface area contributed by atoms with Crippen molar-refractivity contribution < 1.29 is 14.3 Å². The number of ether oxygens (including phenoxy) is 1. The van der Waals surface area contributed by atoms with Crippen LogP contribution in [0.4, 0.5) is 5.69 Å². The lowest BCUT2D eigenvalue weighted by Gasteiger charge is -2.38. The summed E-state index contributed by atoms with van der Waals surface area (Å²) in [4.78, 5) is 27.2. The van der Waals surface area contributed by atoms with Crippen molar-refractivity contribution in [3.63, 3.8) is 0 Å². The maximum absolute atomic E-state index is 13.4. The molecule has 2 aromatic carbocycles. The van der Waals surface area contributed by atoms with Crippen LogP contribution in [0, 0.1) is 0 Å². The number of benzene rings is 2. The lowest BCUT2D eigenvalue weighted by molar-refractivity contribution is 0.0600. The van der Waals surface area contributed by atoms with Gasteiger partial charge >= 0.3 is 5.97 Å². The molecule has 0 saturated heterocycles. The highest BCUT2D eigenvalue weighted by Crippen LogP contribution is 2.37. The second kappa shape index (κ2) is 8.87. The Morgan fingerprint density at radius 1 is 1.07 bits per heavy atom. The molecule has 146 valence electrons. The Morgan fingerprint density at radius 2 is 1.82 bits per heavy atom. The van der Waals surface area contributed by atoms with Gasteiger partial charge in [-0.25, -0.2) is 4.79 Å². The predicted octanol–water partition coefficient (Wildman–Crippen LogP) is 5.49. The van der Waals surface area contributed by atoms with Crippen molar-refractivity contribution in [1.29, 1.82) is 0 Å². The number of nitrogens with zero attached hydrogens (tertiary/aromatic N) is 1. The Bertz CT molecular complexity index is 873. The second-order valence-corrected chi connectivity index (χ2v) is 7.15. The van der Waals surface area contributed by atoms with Crippen LogP contribution in [0.3, 0.4) is 0 Å². The Hall–Kier alpha value is -2.88. The smallest absolute Gasteiger partial charge is 0.337 e. The predicted molar refractivity (Wildman–Crippen MR) is 113 cm³/mol. The maximum Gasteiger partial charge on any atom is 0.337 e. The zero-order valence-corrected chi connectivity index (χ0v) is 16.6. The summed E-state index contributed by atoms with van der Waals surface area (Å²) in [5.41, 5.74) is 3.51. The molecule has 1 amide bonds. The summed E-state index contributed by atoms with van der Waals surface area (Å²) in [7, 11) is 1.36. The first kappa shape index (κ1) is 19.9. The lowest BCUT2D eigenvalue weighted by Crippen LogP contribution is -2.45. The third-order valence-corrected chi connectivity index (χ3v) is 5.32. The van der Waals surface area contributed by atoms with Gasteiger partial charge in [0.15, 0.2) is 0 Å². The summed E-state index contributed by atoms with van der Waals surface area (Å²) in [6, 6.07) is 14.7. The van der Waals surface area contributed by atoms with Crippen molar-refractivity contribution in [1.82, 2.24) is 0 Å². The molecule has 0 N–H and O–H groups in total. The van der Waals surface area contributed by atoms with Crippen molar-refractivity contribution in [2.45, 2.75) is 45.1 Å². The largest absolute Gasteiger partial charge is 0.465 e. The highest BCUT2D eigenvalue weighted by molar-refractivity contribution is 6.14. The highest BCUT2D eigenvalue weighted by atomic mass is 16.5. The number of methoxy groups -OCH3 is 1. The molecule has 2 aromatic rings. The van der Waals surface area contributed by atoms with E-state index in [-0.39, 0.29) is 11.9 Å². The van der Waals surface area contributed by atoms with Crippen molar-refractivity contribution in [3.8, 4) is 0 Å². The average Bonchev–Trinajstić information content (AvgIpc) is 2.74. The SMILES string of the molecule is C=C1c2cc(C(=O)OC)ccc2C(=O)N(c2ccccc2)C1CCCCCC. The molecule has 4 nitrogen and oxygen atoms in total. The molecule has 3 rings (SSSR count). The van der Waals surface area contributed by atoms with Gasteiger partial charge in [-0.05, 0) is 47.9 Å². The van der Waals surface area contributed by atoms with Gasteiger partial charge in [-0.3, -0.25) is 4.79 Å². The van der Waals surface area contributed by atoms with Crippen LogP contribution in [0.5, 0.6) is 0 Å². The average molecular weight is 377 g/mol. The normalized spacial score (nSPS) is 16.1. The van der Waals surface area contributed by atoms with Gasteiger partial charge in [0, 0.05) is 11.3 Å². The molecule has 1 aliphatic rings. The fraction of sp³-hybridized carbons (Fsp3) is 0.333. The van der Waals surface area contributed by atoms with E-state index in [1.807, 2.05) is 35.2 Å². The van der Waals surface area contributed by atoms with Gasteiger partial charge in [0.1, 0.15) is 0 Å². The number of fused-ring (bicyclic) bond motifs is 1. The zero-order chi connectivity index (χ0) is 20.1. The van der Waals surface area contributed by atoms with Crippen LogP contribution in [0.2, 0.25) is 0 Å². The van der Waals surface area contributed by atoms with Crippen LogP contribution in [0.25, 0.3) is 5.57 Å². The van der Waals surface area contributed by atoms with Gasteiger partial charge in [0.05, 0.1) is 18.7 Å². The molecule has 0 saturated carbocycles. The number of carbonyl (C=O) groups is 2. The summed E-state index contributed by atoms with van der Waals surface area (Å²) in [5.74, 6) is -0.460. The Labute approximate surface area is 166 Å². The van der Waals surface area contributed by atoms with E-state index in [4.69, 9.17) is 4.74 Å². The molecule has 0 aromatic heterocycles. The van der Waals surface area contributed by atoms with Gasteiger partial charge in [-0.1, -0.05) is 57.4 Å². The van der Waals surface area contributed by atoms with Gasteiger partial charge in [0.2, 0.25) is 0 Å². The number of hydrogen-bond donors (Lipinski definition) is 0. The molecule has 1 atom stereocenters. The number of hydrogen-bond acceptors (Lipinski definition) is 3. The number of unbranched alkanes of at least 4 members (excludes halogenated alkanes) is 3. The minimum Gasteiger partial charge on any atom is -0.465 e. The minimum atomic E-state index is -0.409. The Balaban J connectivity index is 2.01. The summed E-state index contributed by atoms with van der Waals surface area (Å²) in [6.07, 6.45) is 5.35. The highest BCUT2D eigenvalue weighted by Gasteiger charge is 2.36. The van der Waals surface area contributed by atoms with E-state index < -0.39 is 5.97 Å². The van der Waals surface area contributed by atoms with E-state index in [2.05, 4.69) is 13.5 Å². The molecule has 1 aliphatic heterocycles. The molecule has 1 unspecified atom stereocenters. The second-order valence-electron chi connectivity index (χ2n) is 7.15. The van der Waals surface area contributed by atoms with Crippen molar-refractivity contribution in [2.75, 3.05) is 12.0 Å². The quantitative estimate of drug-likeness (QED) is 0.474. The van der Waals surface area contributed by atoms with E-state index in [1.54, 1.807) is 18.2 Å². The van der Waals surface area contributed by atoms with E-state index in [0.717, 1.165) is 42.5 Å². The van der Waals surface area contributed by atoms with Crippen LogP contribution >= 0.6 is 0 Å². The first-order chi connectivity index (χ1) is 13.6. The van der Waals surface area contributed by atoms with Crippen LogP contribution in [-0.4, -0.2) is 25.0 Å². The number of rotatable bonds is 7. The van der Waals surface area contributed by atoms with E-state index in [9.17, 15) is 9.59 Å². The third kappa shape index (κ3) is 3.86. The first-order valence-electron chi connectivity index (χ1n) is 9.88. The number of esters is 1. The maximum atomic E-state index is 13.4. The van der Waals surface area contributed by atoms with Gasteiger partial charge in [-0.2, -0.15) is 0 Å². The molecule has 0 fully saturated rings. The fourth-order valence-corrected chi connectivity index (χ4v) is 3.80. The molecular weight excluding hydrogens is 350 g/mol. The number of carbonyl (C=O) groups excluding carboxylic acids is 2. The fourth-order valence-electron chi connectivity index (χ4n) is 3.80. The van der Waals surface area contributed by atoms with Gasteiger partial charge in [0.25, 0.3) is 5.91 Å². The molecule has 0 bridgehead atoms. The zero-order valence-electron chi connectivity index (χ0n) is 16.6. The molecule has 4 heteroatoms. The summed E-state index contributed by atoms with van der Waals surface area (Å²) in [5, 5.41) is 0. The van der Waals surface area contributed by atoms with E-state index >= 15 is 0 Å². The molecule has 0 aliphatic carbocycles. The van der Waals surface area contributed by atoms with E-state index in [1.165, 1.54) is 13.5 Å². The molecular formula is C24H27NO3. The summed E-state index contributed by atoms with van der Waals surface area (Å²) >= 11 is 0. The molecule has 28 heavy (non-hydrogen) atoms. The van der Waals surface area contributed by atoms with Crippen molar-refractivity contribution in [2.24, 2.45) is 0 Å². The van der Waals surface area contributed by atoms with Crippen LogP contribution < -0.4 is 4.90 Å². The van der Waals surface area contributed by atoms with Crippen LogP contribution in [0.1, 0.15) is 65.3 Å². The number of para-hydroxylation sites is 1. The number of amides is 1. The van der Waals surface area contributed by atoms with Crippen LogP contribution in [0.15, 0.2) is 55.1 Å². The standard InChI is InChI=1S/C24H27NO3/c1-4-5-6-10-13-22-17(2)21-16-18(24(27)28-3)14-15-20(21)23(26)25(22)19-11-8-7-9-12-19/h7-9,11-12,14-16,22H,2,4-6,10,13H2,1,3H3. The monoisotopic (exact) mass is 377 g/mol. The third-order valence-electron chi connectivity index (χ3n) is 5.32. The van der Waals surface area contributed by atoms with Crippen molar-refractivity contribution in [3.05, 3.63) is 71.8 Å². The lowest BCUT2D eigenvalue weighted by atomic mass is 9.85. The van der Waals surface area contributed by atoms with Crippen molar-refractivity contribution >= 4 is 23.1 Å². The summed E-state index contributed by atoms with van der Waals surface area (Å²) in [6.45, 7) is 6.51. The minimum absolute atomic E-state index is 0.0505. The number of anilines is 1. The Morgan fingerprint density at radius 3 is 2.50 bits per heavy atom. The molecule has 1 heterocycles. The van der Waals surface area contributed by atoms with Crippen LogP contribution in [-0.2, 0) is 4.74 Å². The first-order valence-corrected chi connectivity index (χ1v) is 9.88. The topological polar surface area (TPSA) is 46.6 Å². The Kier molecular flexibility index (Phi) is 6.30.